The Kier molecular flexibility index (Phi) is 5.85. The Morgan fingerprint density at radius 3 is 2.67 bits per heavy atom. The number of hydrogen-bond acceptors (Lipinski definition) is 6. The predicted octanol–water partition coefficient (Wildman–Crippen LogP) is 4.89. The van der Waals surface area contributed by atoms with Crippen molar-refractivity contribution >= 4 is 46.9 Å². The molecule has 33 heavy (non-hydrogen) atoms. The highest BCUT2D eigenvalue weighted by atomic mass is 35.5. The van der Waals surface area contributed by atoms with E-state index in [4.69, 9.17) is 20.8 Å². The predicted molar refractivity (Wildman–Crippen MR) is 122 cm³/mol. The van der Waals surface area contributed by atoms with Crippen LogP contribution in [0.4, 0.5) is 5.69 Å². The van der Waals surface area contributed by atoms with Gasteiger partial charge in [0.2, 0.25) is 0 Å². The fourth-order valence-electron chi connectivity index (χ4n) is 3.30. The molecule has 3 aromatic rings. The second-order valence-electron chi connectivity index (χ2n) is 7.10. The quantitative estimate of drug-likeness (QED) is 0.425. The van der Waals surface area contributed by atoms with Crippen LogP contribution in [-0.4, -0.2) is 35.8 Å². The lowest BCUT2D eigenvalue weighted by molar-refractivity contribution is -0.114. The zero-order chi connectivity index (χ0) is 23.7. The molecule has 9 heteroatoms. The van der Waals surface area contributed by atoms with Crippen LogP contribution in [-0.2, 0) is 9.53 Å². The lowest BCUT2D eigenvalue weighted by Crippen LogP contribution is -2.21. The lowest BCUT2D eigenvalue weighted by Gasteiger charge is -2.12. The maximum absolute atomic E-state index is 13.0. The Morgan fingerprint density at radius 1 is 1.15 bits per heavy atom. The first kappa shape index (κ1) is 22.0. The molecule has 4 rings (SSSR count). The SMILES string of the molecule is COC(=O)c1cc(-c2ccc(/C=C3\C(=O)N(c4cccc(C(=O)O)c4)N=C3C)o2)ccc1Cl. The number of halogens is 1. The Balaban J connectivity index is 1.62. The molecule has 0 bridgehead atoms. The van der Waals surface area contributed by atoms with E-state index in [0.29, 0.717) is 34.1 Å². The summed E-state index contributed by atoms with van der Waals surface area (Å²) in [6.07, 6.45) is 1.56. The Hall–Kier alpha value is -4.17. The molecule has 0 aliphatic carbocycles. The Labute approximate surface area is 193 Å². The fraction of sp³-hybridized carbons (Fsp3) is 0.0833. The maximum Gasteiger partial charge on any atom is 0.339 e. The molecule has 1 N–H and O–H groups in total. The molecule has 0 saturated carbocycles. The van der Waals surface area contributed by atoms with Gasteiger partial charge in [-0.25, -0.2) is 9.59 Å². The van der Waals surface area contributed by atoms with Crippen LogP contribution >= 0.6 is 11.6 Å². The number of carboxylic acids is 1. The first-order valence-electron chi connectivity index (χ1n) is 9.71. The molecule has 0 unspecified atom stereocenters. The van der Waals surface area contributed by atoms with Crippen LogP contribution in [0.1, 0.15) is 33.4 Å². The van der Waals surface area contributed by atoms with E-state index >= 15 is 0 Å². The number of hydrazone groups is 1. The number of hydrogen-bond donors (Lipinski definition) is 1. The van der Waals surface area contributed by atoms with Gasteiger partial charge in [0.05, 0.1) is 40.2 Å². The van der Waals surface area contributed by atoms with Crippen molar-refractivity contribution in [1.29, 1.82) is 0 Å². The van der Waals surface area contributed by atoms with Crippen LogP contribution in [0.15, 0.2) is 69.7 Å². The molecule has 166 valence electrons. The molecular formula is C24H17ClN2O6. The number of carbonyl (C=O) groups is 3. The van der Waals surface area contributed by atoms with Crippen LogP contribution in [0, 0.1) is 0 Å². The van der Waals surface area contributed by atoms with Gasteiger partial charge in [-0.05, 0) is 61.5 Å². The third kappa shape index (κ3) is 4.28. The molecular weight excluding hydrogens is 448 g/mol. The number of esters is 1. The number of aromatic carboxylic acids is 1. The van der Waals surface area contributed by atoms with Crippen molar-refractivity contribution in [2.75, 3.05) is 12.1 Å². The molecule has 2 heterocycles. The van der Waals surface area contributed by atoms with E-state index < -0.39 is 17.8 Å². The zero-order valence-corrected chi connectivity index (χ0v) is 18.3. The van der Waals surface area contributed by atoms with Gasteiger partial charge in [-0.1, -0.05) is 17.7 Å². The van der Waals surface area contributed by atoms with Gasteiger partial charge in [-0.3, -0.25) is 4.79 Å². The average molecular weight is 465 g/mol. The maximum atomic E-state index is 13.0. The fourth-order valence-corrected chi connectivity index (χ4v) is 3.50. The van der Waals surface area contributed by atoms with E-state index in [9.17, 15) is 19.5 Å². The van der Waals surface area contributed by atoms with Crippen molar-refractivity contribution < 1.29 is 28.6 Å². The van der Waals surface area contributed by atoms with Gasteiger partial charge in [0.15, 0.2) is 0 Å². The monoisotopic (exact) mass is 464 g/mol. The number of rotatable bonds is 5. The molecule has 1 amide bonds. The van der Waals surface area contributed by atoms with Crippen molar-refractivity contribution in [2.45, 2.75) is 6.92 Å². The lowest BCUT2D eigenvalue weighted by atomic mass is 10.1. The molecule has 8 nitrogen and oxygen atoms in total. The van der Waals surface area contributed by atoms with Crippen LogP contribution < -0.4 is 5.01 Å². The number of carbonyl (C=O) groups excluding carboxylic acids is 2. The van der Waals surface area contributed by atoms with E-state index in [1.54, 1.807) is 55.5 Å². The van der Waals surface area contributed by atoms with Gasteiger partial charge < -0.3 is 14.3 Å². The highest BCUT2D eigenvalue weighted by Gasteiger charge is 2.29. The zero-order valence-electron chi connectivity index (χ0n) is 17.5. The second-order valence-corrected chi connectivity index (χ2v) is 7.51. The van der Waals surface area contributed by atoms with Gasteiger partial charge in [0.1, 0.15) is 11.5 Å². The van der Waals surface area contributed by atoms with Crippen molar-refractivity contribution in [1.82, 2.24) is 0 Å². The minimum absolute atomic E-state index is 0.0514. The minimum Gasteiger partial charge on any atom is -0.478 e. The van der Waals surface area contributed by atoms with E-state index in [-0.39, 0.29) is 16.1 Å². The number of methoxy groups -OCH3 is 1. The Bertz CT molecular complexity index is 1350. The third-order valence-corrected chi connectivity index (χ3v) is 5.30. The van der Waals surface area contributed by atoms with Crippen molar-refractivity contribution in [3.05, 3.63) is 82.1 Å². The van der Waals surface area contributed by atoms with Crippen molar-refractivity contribution in [3.63, 3.8) is 0 Å². The third-order valence-electron chi connectivity index (χ3n) is 4.97. The summed E-state index contributed by atoms with van der Waals surface area (Å²) in [5.74, 6) is -1.20. The molecule has 0 fully saturated rings. The summed E-state index contributed by atoms with van der Waals surface area (Å²) in [6, 6.07) is 14.2. The normalized spacial score (nSPS) is 14.5. The largest absolute Gasteiger partial charge is 0.478 e. The minimum atomic E-state index is -1.10. The van der Waals surface area contributed by atoms with Crippen LogP contribution in [0.3, 0.4) is 0 Å². The molecule has 0 spiro atoms. The highest BCUT2D eigenvalue weighted by molar-refractivity contribution is 6.33. The van der Waals surface area contributed by atoms with Crippen molar-refractivity contribution in [3.8, 4) is 11.3 Å². The molecule has 1 aliphatic rings. The summed E-state index contributed by atoms with van der Waals surface area (Å²) in [5.41, 5.74) is 1.98. The molecule has 0 radical (unpaired) electrons. The number of nitrogens with zero attached hydrogens (tertiary/aromatic N) is 2. The van der Waals surface area contributed by atoms with Gasteiger partial charge in [-0.15, -0.1) is 0 Å². The van der Waals surface area contributed by atoms with Crippen LogP contribution in [0.25, 0.3) is 17.4 Å². The number of benzene rings is 2. The van der Waals surface area contributed by atoms with Gasteiger partial charge in [-0.2, -0.15) is 10.1 Å². The smallest absolute Gasteiger partial charge is 0.339 e. The second kappa shape index (κ2) is 8.76. The molecule has 0 atom stereocenters. The first-order chi connectivity index (χ1) is 15.8. The summed E-state index contributed by atoms with van der Waals surface area (Å²) in [4.78, 5) is 36.1. The summed E-state index contributed by atoms with van der Waals surface area (Å²) in [7, 11) is 1.27. The topological polar surface area (TPSA) is 109 Å². The van der Waals surface area contributed by atoms with Crippen LogP contribution in [0.5, 0.6) is 0 Å². The number of carboxylic acid groups (broad SMARTS) is 1. The molecule has 1 aliphatic heterocycles. The summed E-state index contributed by atoms with van der Waals surface area (Å²) < 4.78 is 10.6. The van der Waals surface area contributed by atoms with Gasteiger partial charge in [0.25, 0.3) is 5.91 Å². The van der Waals surface area contributed by atoms with Gasteiger partial charge >= 0.3 is 11.9 Å². The number of furan rings is 1. The first-order valence-corrected chi connectivity index (χ1v) is 10.1. The molecule has 0 saturated heterocycles. The highest BCUT2D eigenvalue weighted by Crippen LogP contribution is 2.30. The molecule has 2 aromatic carbocycles. The average Bonchev–Trinajstić information content (AvgIpc) is 3.39. The number of anilines is 1. The number of ether oxygens (including phenoxy) is 1. The van der Waals surface area contributed by atoms with Crippen LogP contribution in [0.2, 0.25) is 5.02 Å². The van der Waals surface area contributed by atoms with E-state index in [0.717, 1.165) is 5.01 Å². The summed E-state index contributed by atoms with van der Waals surface area (Å²) in [5, 5.41) is 14.9. The van der Waals surface area contributed by atoms with E-state index in [2.05, 4.69) is 5.10 Å². The summed E-state index contributed by atoms with van der Waals surface area (Å²) in [6.45, 7) is 1.68. The van der Waals surface area contributed by atoms with Gasteiger partial charge in [0, 0.05) is 5.56 Å². The number of amides is 1. The standard InChI is InChI=1S/C24H17ClN2O6/c1-13-18(22(28)27(26-13)16-5-3-4-15(10-16)23(29)30)12-17-7-9-21(33-17)14-6-8-20(25)19(11-14)24(31)32-2/h3-12H,1-2H3,(H,29,30)/b18-12-. The van der Waals surface area contributed by atoms with Crippen molar-refractivity contribution in [2.24, 2.45) is 5.10 Å². The van der Waals surface area contributed by atoms with E-state index in [1.165, 1.54) is 19.2 Å². The molecule has 1 aromatic heterocycles. The van der Waals surface area contributed by atoms with E-state index in [1.807, 2.05) is 0 Å². The summed E-state index contributed by atoms with van der Waals surface area (Å²) >= 11 is 6.07. The Morgan fingerprint density at radius 2 is 1.94 bits per heavy atom.